The van der Waals surface area contributed by atoms with Gasteiger partial charge in [0, 0.05) is 23.8 Å². The molecule has 4 nitrogen and oxygen atoms in total. The van der Waals surface area contributed by atoms with Gasteiger partial charge in [0.25, 0.3) is 0 Å². The number of nitrogens with two attached hydrogens (primary N) is 1. The van der Waals surface area contributed by atoms with Gasteiger partial charge in [-0.2, -0.15) is 0 Å². The number of anilines is 1. The van der Waals surface area contributed by atoms with Crippen molar-refractivity contribution in [1.82, 2.24) is 0 Å². The van der Waals surface area contributed by atoms with Crippen LogP contribution in [0.25, 0.3) is 0 Å². The Morgan fingerprint density at radius 3 is 2.94 bits per heavy atom. The third kappa shape index (κ3) is 2.18. The van der Waals surface area contributed by atoms with Gasteiger partial charge in [0.2, 0.25) is 0 Å². The molecule has 17 heavy (non-hydrogen) atoms. The van der Waals surface area contributed by atoms with E-state index in [4.69, 9.17) is 10.9 Å². The highest BCUT2D eigenvalue weighted by molar-refractivity contribution is 6.02. The molecule has 0 bridgehead atoms. The van der Waals surface area contributed by atoms with Crippen molar-refractivity contribution in [2.45, 2.75) is 25.8 Å². The largest absolute Gasteiger partial charge is 0.409 e. The Bertz CT molecular complexity index is 447. The molecule has 1 aliphatic rings. The van der Waals surface area contributed by atoms with Crippen LogP contribution in [0.5, 0.6) is 0 Å². The predicted molar refractivity (Wildman–Crippen MR) is 65.0 cm³/mol. The normalized spacial score (nSPS) is 20.9. The Kier molecular flexibility index (Phi) is 3.17. The molecule has 1 aromatic rings. The van der Waals surface area contributed by atoms with Crippen LogP contribution in [0, 0.1) is 5.82 Å². The third-order valence-electron chi connectivity index (χ3n) is 3.20. The summed E-state index contributed by atoms with van der Waals surface area (Å²) in [6.07, 6.45) is 2.21. The Balaban J connectivity index is 2.45. The van der Waals surface area contributed by atoms with E-state index in [1.807, 2.05) is 0 Å². The van der Waals surface area contributed by atoms with Crippen LogP contribution in [0.15, 0.2) is 23.4 Å². The average molecular weight is 237 g/mol. The van der Waals surface area contributed by atoms with Crippen LogP contribution in [0.2, 0.25) is 0 Å². The molecule has 92 valence electrons. The van der Waals surface area contributed by atoms with Crippen LogP contribution in [0.3, 0.4) is 0 Å². The molecule has 0 radical (unpaired) electrons. The Morgan fingerprint density at radius 2 is 2.35 bits per heavy atom. The fourth-order valence-corrected chi connectivity index (χ4v) is 2.31. The molecule has 1 fully saturated rings. The predicted octanol–water partition coefficient (Wildman–Crippen LogP) is 1.91. The van der Waals surface area contributed by atoms with E-state index in [1.54, 1.807) is 6.07 Å². The van der Waals surface area contributed by atoms with Gasteiger partial charge in [-0.25, -0.2) is 4.39 Å². The first-order chi connectivity index (χ1) is 8.13. The van der Waals surface area contributed by atoms with E-state index < -0.39 is 0 Å². The van der Waals surface area contributed by atoms with Crippen molar-refractivity contribution in [3.8, 4) is 0 Å². The smallest absolute Gasteiger partial charge is 0.172 e. The first-order valence-electron chi connectivity index (χ1n) is 5.67. The number of rotatable bonds is 2. The minimum atomic E-state index is -0.387. The minimum absolute atomic E-state index is 0.0569. The third-order valence-corrected chi connectivity index (χ3v) is 3.20. The zero-order valence-electron chi connectivity index (χ0n) is 9.73. The first-order valence-corrected chi connectivity index (χ1v) is 5.67. The first kappa shape index (κ1) is 11.7. The monoisotopic (exact) mass is 237 g/mol. The number of oxime groups is 1. The summed E-state index contributed by atoms with van der Waals surface area (Å²) >= 11 is 0. The van der Waals surface area contributed by atoms with Crippen LogP contribution in [-0.2, 0) is 0 Å². The van der Waals surface area contributed by atoms with E-state index >= 15 is 0 Å². The lowest BCUT2D eigenvalue weighted by molar-refractivity contribution is 0.318. The standard InChI is InChI=1S/C12H16FN3O/c1-8-3-2-6-16(8)11-5-4-9(13)7-10(11)12(14)15-17/h4-5,7-8,17H,2-3,6H2,1H3,(H2,14,15). The molecule has 1 aromatic carbocycles. The van der Waals surface area contributed by atoms with Gasteiger partial charge in [-0.3, -0.25) is 0 Å². The number of nitrogens with zero attached hydrogens (tertiary/aromatic N) is 2. The van der Waals surface area contributed by atoms with Crippen LogP contribution in [-0.4, -0.2) is 23.6 Å². The number of benzene rings is 1. The maximum absolute atomic E-state index is 13.2. The molecule has 3 N–H and O–H groups in total. The molecule has 0 saturated carbocycles. The van der Waals surface area contributed by atoms with E-state index in [2.05, 4.69) is 17.0 Å². The fraction of sp³-hybridized carbons (Fsp3) is 0.417. The highest BCUT2D eigenvalue weighted by Gasteiger charge is 2.23. The highest BCUT2D eigenvalue weighted by Crippen LogP contribution is 2.29. The SMILES string of the molecule is CC1CCCN1c1ccc(F)cc1C(N)=NO. The number of hydrogen-bond acceptors (Lipinski definition) is 3. The van der Waals surface area contributed by atoms with Crippen molar-refractivity contribution in [3.05, 3.63) is 29.6 Å². The van der Waals surface area contributed by atoms with Gasteiger partial charge in [-0.05, 0) is 38.0 Å². The van der Waals surface area contributed by atoms with Gasteiger partial charge in [0.05, 0.1) is 0 Å². The van der Waals surface area contributed by atoms with Crippen LogP contribution in [0.1, 0.15) is 25.3 Å². The molecule has 1 saturated heterocycles. The maximum atomic E-state index is 13.2. The Hall–Kier alpha value is -1.78. The van der Waals surface area contributed by atoms with Crippen molar-refractivity contribution >= 4 is 11.5 Å². The summed E-state index contributed by atoms with van der Waals surface area (Å²) in [6, 6.07) is 4.78. The summed E-state index contributed by atoms with van der Waals surface area (Å²) < 4.78 is 13.2. The van der Waals surface area contributed by atoms with Crippen molar-refractivity contribution < 1.29 is 9.60 Å². The van der Waals surface area contributed by atoms with Crippen molar-refractivity contribution in [2.24, 2.45) is 10.9 Å². The zero-order chi connectivity index (χ0) is 12.4. The molecule has 5 heteroatoms. The van der Waals surface area contributed by atoms with Crippen LogP contribution < -0.4 is 10.6 Å². The van der Waals surface area contributed by atoms with Gasteiger partial charge in [-0.15, -0.1) is 0 Å². The summed E-state index contributed by atoms with van der Waals surface area (Å²) in [5.41, 5.74) is 6.85. The summed E-state index contributed by atoms with van der Waals surface area (Å²) in [4.78, 5) is 2.16. The summed E-state index contributed by atoms with van der Waals surface area (Å²) in [5, 5.41) is 11.7. The second-order valence-corrected chi connectivity index (χ2v) is 4.33. The molecule has 1 heterocycles. The van der Waals surface area contributed by atoms with Gasteiger partial charge in [0.1, 0.15) is 5.82 Å². The van der Waals surface area contributed by atoms with E-state index in [1.165, 1.54) is 12.1 Å². The second-order valence-electron chi connectivity index (χ2n) is 4.33. The summed E-state index contributed by atoms with van der Waals surface area (Å²) in [7, 11) is 0. The topological polar surface area (TPSA) is 61.8 Å². The van der Waals surface area contributed by atoms with E-state index in [0.29, 0.717) is 11.6 Å². The fourth-order valence-electron chi connectivity index (χ4n) is 2.31. The number of amidine groups is 1. The van der Waals surface area contributed by atoms with E-state index in [9.17, 15) is 4.39 Å². The van der Waals surface area contributed by atoms with Gasteiger partial charge in [-0.1, -0.05) is 5.16 Å². The van der Waals surface area contributed by atoms with Gasteiger partial charge >= 0.3 is 0 Å². The van der Waals surface area contributed by atoms with Gasteiger partial charge in [0.15, 0.2) is 5.84 Å². The van der Waals surface area contributed by atoms with E-state index in [0.717, 1.165) is 25.1 Å². The quantitative estimate of drug-likeness (QED) is 0.357. The lowest BCUT2D eigenvalue weighted by Crippen LogP contribution is -2.29. The molecule has 0 amide bonds. The van der Waals surface area contributed by atoms with Gasteiger partial charge < -0.3 is 15.8 Å². The average Bonchev–Trinajstić information content (AvgIpc) is 2.74. The lowest BCUT2D eigenvalue weighted by atomic mass is 10.1. The highest BCUT2D eigenvalue weighted by atomic mass is 19.1. The lowest BCUT2D eigenvalue weighted by Gasteiger charge is -2.26. The number of halogens is 1. The minimum Gasteiger partial charge on any atom is -0.409 e. The van der Waals surface area contributed by atoms with Crippen molar-refractivity contribution in [2.75, 3.05) is 11.4 Å². The Labute approximate surface area is 99.5 Å². The van der Waals surface area contributed by atoms with Crippen molar-refractivity contribution in [1.29, 1.82) is 0 Å². The maximum Gasteiger partial charge on any atom is 0.172 e. The molecule has 0 aliphatic carbocycles. The molecule has 1 unspecified atom stereocenters. The van der Waals surface area contributed by atoms with E-state index in [-0.39, 0.29) is 11.7 Å². The second kappa shape index (κ2) is 4.61. The van der Waals surface area contributed by atoms with Crippen LogP contribution >= 0.6 is 0 Å². The van der Waals surface area contributed by atoms with Crippen LogP contribution in [0.4, 0.5) is 10.1 Å². The summed E-state index contributed by atoms with van der Waals surface area (Å²) in [5.74, 6) is -0.444. The molecule has 0 aromatic heterocycles. The molecular weight excluding hydrogens is 221 g/mol. The number of hydrogen-bond donors (Lipinski definition) is 2. The molecule has 1 aliphatic heterocycles. The molecule has 1 atom stereocenters. The summed E-state index contributed by atoms with van der Waals surface area (Å²) in [6.45, 7) is 3.03. The molecule has 0 spiro atoms. The van der Waals surface area contributed by atoms with Crippen molar-refractivity contribution in [3.63, 3.8) is 0 Å². The molecule has 2 rings (SSSR count). The Morgan fingerprint density at radius 1 is 1.59 bits per heavy atom. The zero-order valence-corrected chi connectivity index (χ0v) is 9.73. The molecular formula is C12H16FN3O.